The quantitative estimate of drug-likeness (QED) is 0.222. The minimum atomic E-state index is -0.587. The number of carbonyl (C=O) groups is 1. The number of rotatable bonds is 9. The lowest BCUT2D eigenvalue weighted by Gasteiger charge is -2.26. The van der Waals surface area contributed by atoms with Crippen molar-refractivity contribution < 1.29 is 13.9 Å². The van der Waals surface area contributed by atoms with E-state index in [0.717, 1.165) is 38.0 Å². The minimum Gasteiger partial charge on any atom is -0.452 e. The van der Waals surface area contributed by atoms with Crippen LogP contribution in [0.1, 0.15) is 42.2 Å². The van der Waals surface area contributed by atoms with Crippen LogP contribution in [-0.4, -0.2) is 56.8 Å². The molecule has 4 aromatic rings. The highest BCUT2D eigenvalue weighted by molar-refractivity contribution is 7.99. The average molecular weight is 594 g/mol. The Kier molecular flexibility index (Phi) is 7.96. The van der Waals surface area contributed by atoms with Gasteiger partial charge in [-0.2, -0.15) is 0 Å². The summed E-state index contributed by atoms with van der Waals surface area (Å²) in [6.45, 7) is 4.64. The van der Waals surface area contributed by atoms with E-state index < -0.39 is 17.2 Å². The fourth-order valence-electron chi connectivity index (χ4n) is 5.67. The van der Waals surface area contributed by atoms with Crippen molar-refractivity contribution >= 4 is 40.2 Å². The molecule has 1 amide bonds. The molecule has 1 fully saturated rings. The lowest BCUT2D eigenvalue weighted by molar-refractivity contribution is 0.0948. The van der Waals surface area contributed by atoms with Crippen molar-refractivity contribution in [1.29, 1.82) is 0 Å². The number of ether oxygens (including phenoxy) is 1. The molecule has 41 heavy (non-hydrogen) atoms. The minimum absolute atomic E-state index is 0.0579. The Bertz CT molecular complexity index is 1680. The first-order chi connectivity index (χ1) is 19.9. The summed E-state index contributed by atoms with van der Waals surface area (Å²) in [5, 5.41) is 3.46. The van der Waals surface area contributed by atoms with Gasteiger partial charge in [-0.25, -0.2) is 4.39 Å². The van der Waals surface area contributed by atoms with Crippen LogP contribution in [0.2, 0.25) is 5.02 Å². The second-order valence-electron chi connectivity index (χ2n) is 10.1. The Labute approximate surface area is 245 Å². The van der Waals surface area contributed by atoms with Gasteiger partial charge in [-0.1, -0.05) is 18.5 Å². The van der Waals surface area contributed by atoms with Gasteiger partial charge < -0.3 is 19.5 Å². The molecule has 1 saturated heterocycles. The van der Waals surface area contributed by atoms with Gasteiger partial charge in [0.05, 0.1) is 21.7 Å². The number of amides is 1. The molecule has 2 aliphatic heterocycles. The summed E-state index contributed by atoms with van der Waals surface area (Å²) in [6, 6.07) is 6.71. The highest BCUT2D eigenvalue weighted by Crippen LogP contribution is 2.46. The van der Waals surface area contributed by atoms with Crippen LogP contribution in [0, 0.1) is 5.82 Å². The highest BCUT2D eigenvalue weighted by Gasteiger charge is 2.29. The number of benzene rings is 2. The van der Waals surface area contributed by atoms with E-state index in [9.17, 15) is 9.59 Å². The van der Waals surface area contributed by atoms with Gasteiger partial charge in [-0.3, -0.25) is 19.6 Å². The Balaban J connectivity index is 1.36. The number of carbonyl (C=O) groups excluding carboxylic acids is 1. The van der Waals surface area contributed by atoms with E-state index in [1.165, 1.54) is 24.0 Å². The number of pyridine rings is 1. The van der Waals surface area contributed by atoms with E-state index in [1.54, 1.807) is 41.4 Å². The summed E-state index contributed by atoms with van der Waals surface area (Å²) in [4.78, 5) is 38.0. The van der Waals surface area contributed by atoms with Crippen molar-refractivity contribution in [2.45, 2.75) is 43.5 Å². The molecule has 2 aliphatic rings. The molecular formula is C30H29ClFN5O3S. The molecule has 1 N–H and O–H groups in total. The monoisotopic (exact) mass is 593 g/mol. The van der Waals surface area contributed by atoms with Crippen LogP contribution in [0.5, 0.6) is 11.5 Å². The summed E-state index contributed by atoms with van der Waals surface area (Å²) in [7, 11) is 0. The molecule has 8 nitrogen and oxygen atoms in total. The number of halogens is 2. The lowest BCUT2D eigenvalue weighted by atomic mass is 10.1. The van der Waals surface area contributed by atoms with Crippen molar-refractivity contribution in [3.63, 3.8) is 0 Å². The standard InChI is InChI=1S/C30H29ClFN5O3S/c1-2-36-12-3-4-20(36)7-9-35-30(39)22-17-37-24-14-18(31)5-6-25(24)40-28-26(37)21(27(22)38)15-23(32)29(28)41-13-8-19-16-33-10-11-34-19/h5-6,10-11,14-17,20H,2-4,7-9,12-13H2,1H3,(H,35,39). The van der Waals surface area contributed by atoms with E-state index in [4.69, 9.17) is 16.3 Å². The fourth-order valence-corrected chi connectivity index (χ4v) is 6.82. The molecule has 2 aromatic heterocycles. The van der Waals surface area contributed by atoms with E-state index >= 15 is 4.39 Å². The lowest BCUT2D eigenvalue weighted by Crippen LogP contribution is -2.35. The Morgan fingerprint density at radius 1 is 1.29 bits per heavy atom. The second-order valence-corrected chi connectivity index (χ2v) is 11.7. The molecule has 0 aliphatic carbocycles. The van der Waals surface area contributed by atoms with Crippen LogP contribution in [-0.2, 0) is 6.42 Å². The number of fused-ring (bicyclic) bond motifs is 2. The number of nitrogens with zero attached hydrogens (tertiary/aromatic N) is 4. The maximum Gasteiger partial charge on any atom is 0.256 e. The highest BCUT2D eigenvalue weighted by atomic mass is 35.5. The number of aromatic nitrogens is 3. The predicted octanol–water partition coefficient (Wildman–Crippen LogP) is 5.62. The number of likely N-dealkylation sites (tertiary alicyclic amines) is 1. The van der Waals surface area contributed by atoms with Crippen molar-refractivity contribution in [2.75, 3.05) is 25.4 Å². The molecular weight excluding hydrogens is 565 g/mol. The first-order valence-electron chi connectivity index (χ1n) is 13.7. The number of hydrogen-bond donors (Lipinski definition) is 1. The summed E-state index contributed by atoms with van der Waals surface area (Å²) >= 11 is 7.60. The van der Waals surface area contributed by atoms with Crippen molar-refractivity contribution in [3.05, 3.63) is 81.4 Å². The smallest absolute Gasteiger partial charge is 0.256 e. The van der Waals surface area contributed by atoms with Crippen LogP contribution >= 0.6 is 23.4 Å². The van der Waals surface area contributed by atoms with Gasteiger partial charge in [0, 0.05) is 54.6 Å². The molecule has 1 atom stereocenters. The van der Waals surface area contributed by atoms with E-state index in [-0.39, 0.29) is 21.6 Å². The summed E-state index contributed by atoms with van der Waals surface area (Å²) in [5.41, 5.74) is 1.15. The van der Waals surface area contributed by atoms with Crippen molar-refractivity contribution in [2.24, 2.45) is 0 Å². The van der Waals surface area contributed by atoms with Gasteiger partial charge in [0.25, 0.3) is 5.91 Å². The third kappa shape index (κ3) is 5.43. The Morgan fingerprint density at radius 2 is 2.17 bits per heavy atom. The molecule has 4 heterocycles. The Morgan fingerprint density at radius 3 is 2.98 bits per heavy atom. The van der Waals surface area contributed by atoms with Crippen LogP contribution < -0.4 is 15.5 Å². The van der Waals surface area contributed by atoms with Crippen molar-refractivity contribution in [3.8, 4) is 17.2 Å². The zero-order chi connectivity index (χ0) is 28.5. The number of thioether (sulfide) groups is 1. The Hall–Kier alpha value is -3.47. The molecule has 2 aromatic carbocycles. The van der Waals surface area contributed by atoms with Gasteiger partial charge >= 0.3 is 0 Å². The van der Waals surface area contributed by atoms with E-state index in [1.807, 2.05) is 0 Å². The first-order valence-corrected chi connectivity index (χ1v) is 15.1. The number of aryl methyl sites for hydroxylation is 1. The van der Waals surface area contributed by atoms with Gasteiger partial charge in [-0.05, 0) is 56.6 Å². The molecule has 1 unspecified atom stereocenters. The van der Waals surface area contributed by atoms with Gasteiger partial charge in [0.15, 0.2) is 11.5 Å². The molecule has 0 saturated carbocycles. The van der Waals surface area contributed by atoms with E-state index in [2.05, 4.69) is 27.1 Å². The van der Waals surface area contributed by atoms with Gasteiger partial charge in [-0.15, -0.1) is 11.8 Å². The second kappa shape index (κ2) is 11.8. The molecule has 0 radical (unpaired) electrons. The third-order valence-electron chi connectivity index (χ3n) is 7.68. The maximum absolute atomic E-state index is 15.6. The third-order valence-corrected chi connectivity index (χ3v) is 8.99. The summed E-state index contributed by atoms with van der Waals surface area (Å²) < 4.78 is 23.6. The van der Waals surface area contributed by atoms with E-state index in [0.29, 0.717) is 46.7 Å². The predicted molar refractivity (Wildman–Crippen MR) is 158 cm³/mol. The maximum atomic E-state index is 15.6. The van der Waals surface area contributed by atoms with Gasteiger partial charge in [0.1, 0.15) is 16.9 Å². The zero-order valence-corrected chi connectivity index (χ0v) is 24.1. The number of hydrogen-bond acceptors (Lipinski definition) is 7. The van der Waals surface area contributed by atoms with Crippen LogP contribution in [0.4, 0.5) is 4.39 Å². The normalized spacial score (nSPS) is 16.0. The molecule has 6 rings (SSSR count). The first kappa shape index (κ1) is 27.7. The topological polar surface area (TPSA) is 89.4 Å². The van der Waals surface area contributed by atoms with Crippen LogP contribution in [0.25, 0.3) is 16.6 Å². The van der Waals surface area contributed by atoms with Gasteiger partial charge in [0.2, 0.25) is 5.43 Å². The SMILES string of the molecule is CCN1CCCC1CCNC(=O)c1cn2c3c(c(SCCc4cnccn4)c(F)cc3c1=O)Oc1ccc(Cl)cc1-2. The summed E-state index contributed by atoms with van der Waals surface area (Å²) in [5.74, 6) is 0.133. The average Bonchev–Trinajstić information content (AvgIpc) is 3.44. The zero-order valence-electron chi connectivity index (χ0n) is 22.5. The molecule has 11 heteroatoms. The largest absolute Gasteiger partial charge is 0.452 e. The fraction of sp³-hybridized carbons (Fsp3) is 0.333. The molecule has 212 valence electrons. The van der Waals surface area contributed by atoms with Crippen molar-refractivity contribution in [1.82, 2.24) is 24.8 Å². The molecule has 0 spiro atoms. The molecule has 0 bridgehead atoms. The van der Waals surface area contributed by atoms with Crippen LogP contribution in [0.15, 0.2) is 58.7 Å². The summed E-state index contributed by atoms with van der Waals surface area (Å²) in [6.07, 6.45) is 10.0. The van der Waals surface area contributed by atoms with Crippen LogP contribution in [0.3, 0.4) is 0 Å². The number of nitrogens with one attached hydrogen (secondary N) is 1.